The van der Waals surface area contributed by atoms with Crippen molar-refractivity contribution < 1.29 is 50.2 Å². The highest BCUT2D eigenvalue weighted by Gasteiger charge is 2.57. The van der Waals surface area contributed by atoms with Gasteiger partial charge in [0.15, 0.2) is 0 Å². The van der Waals surface area contributed by atoms with Crippen LogP contribution in [0.5, 0.6) is 5.75 Å². The monoisotopic (exact) mass is 457 g/mol. The molecule has 0 saturated heterocycles. The molecule has 31 heavy (non-hydrogen) atoms. The Morgan fingerprint density at radius 1 is 1.23 bits per heavy atom. The molecule has 0 fully saturated rings. The molecule has 1 aromatic carbocycles. The fourth-order valence-electron chi connectivity index (χ4n) is 2.53. The summed E-state index contributed by atoms with van der Waals surface area (Å²) in [5.74, 6) is -9.56. The van der Waals surface area contributed by atoms with Gasteiger partial charge in [-0.2, -0.15) is 22.0 Å². The lowest BCUT2D eigenvalue weighted by molar-refractivity contribution is -0.278. The lowest BCUT2D eigenvalue weighted by Crippen LogP contribution is -2.57. The van der Waals surface area contributed by atoms with Crippen LogP contribution in [-0.4, -0.2) is 61.7 Å². The number of fused-ring (bicyclic) bond motifs is 1. The van der Waals surface area contributed by atoms with Gasteiger partial charge >= 0.3 is 12.1 Å². The molecule has 3 atom stereocenters. The van der Waals surface area contributed by atoms with Crippen LogP contribution in [0.4, 0.5) is 32.0 Å². The zero-order valence-electron chi connectivity index (χ0n) is 16.0. The number of halogens is 6. The van der Waals surface area contributed by atoms with E-state index in [4.69, 9.17) is 4.74 Å². The SMILES string of the molecule is COC(C(=O)NCC(F)(F)C(F)(F)F)C(=O)N[C@@H]1C(=O)Nc2cc(F)ccc2O[C@@H]1C. The van der Waals surface area contributed by atoms with Crippen LogP contribution in [0.1, 0.15) is 6.92 Å². The van der Waals surface area contributed by atoms with Crippen LogP contribution in [0.25, 0.3) is 0 Å². The molecule has 1 unspecified atom stereocenters. The highest BCUT2D eigenvalue weighted by atomic mass is 19.4. The van der Waals surface area contributed by atoms with Crippen molar-refractivity contribution in [1.29, 1.82) is 0 Å². The van der Waals surface area contributed by atoms with Gasteiger partial charge in [-0.05, 0) is 19.1 Å². The van der Waals surface area contributed by atoms with E-state index in [1.807, 2.05) is 0 Å². The largest absolute Gasteiger partial charge is 0.486 e. The summed E-state index contributed by atoms with van der Waals surface area (Å²) in [5, 5.41) is 5.70. The number of methoxy groups -OCH3 is 1. The summed E-state index contributed by atoms with van der Waals surface area (Å²) in [7, 11) is 0.831. The topological polar surface area (TPSA) is 106 Å². The van der Waals surface area contributed by atoms with Crippen molar-refractivity contribution in [2.45, 2.75) is 37.3 Å². The Bertz CT molecular complexity index is 863. The summed E-state index contributed by atoms with van der Waals surface area (Å²) >= 11 is 0. The Labute approximate surface area is 171 Å². The number of hydrogen-bond donors (Lipinski definition) is 3. The summed E-state index contributed by atoms with van der Waals surface area (Å²) in [5.41, 5.74) is -0.0241. The van der Waals surface area contributed by atoms with E-state index in [0.717, 1.165) is 19.2 Å². The molecular formula is C17H17F6N3O5. The van der Waals surface area contributed by atoms with Crippen molar-refractivity contribution in [3.05, 3.63) is 24.0 Å². The molecule has 1 heterocycles. The van der Waals surface area contributed by atoms with Crippen LogP contribution in [0.3, 0.4) is 0 Å². The van der Waals surface area contributed by atoms with Crippen LogP contribution in [0.2, 0.25) is 0 Å². The van der Waals surface area contributed by atoms with Gasteiger partial charge in [-0.1, -0.05) is 0 Å². The molecule has 0 spiro atoms. The third kappa shape index (κ3) is 5.57. The van der Waals surface area contributed by atoms with Crippen molar-refractivity contribution >= 4 is 23.4 Å². The second-order valence-corrected chi connectivity index (χ2v) is 6.47. The number of alkyl halides is 5. The molecule has 3 amide bonds. The standard InChI is InChI=1S/C17H17F6N3O5/c1-7-11(13(27)25-9-5-8(18)3-4-10(9)31-7)26-15(29)12(30-2)14(28)24-6-16(19,20)17(21,22)23/h3-5,7,11-12H,6H2,1-2H3,(H,24,28)(H,25,27)(H,26,29)/t7-,11+,12?/m1/s1. The summed E-state index contributed by atoms with van der Waals surface area (Å²) in [6.07, 6.45) is -9.09. The average Bonchev–Trinajstić information content (AvgIpc) is 2.76. The van der Waals surface area contributed by atoms with Crippen molar-refractivity contribution in [1.82, 2.24) is 10.6 Å². The van der Waals surface area contributed by atoms with Gasteiger partial charge in [0.05, 0.1) is 12.2 Å². The highest BCUT2D eigenvalue weighted by Crippen LogP contribution is 2.34. The molecule has 0 saturated carbocycles. The van der Waals surface area contributed by atoms with E-state index in [2.05, 4.69) is 15.4 Å². The molecule has 172 valence electrons. The van der Waals surface area contributed by atoms with Gasteiger partial charge in [-0.15, -0.1) is 0 Å². The normalized spacial score (nSPS) is 19.9. The zero-order chi connectivity index (χ0) is 23.6. The lowest BCUT2D eigenvalue weighted by atomic mass is 10.1. The Morgan fingerprint density at radius 2 is 1.87 bits per heavy atom. The predicted molar refractivity (Wildman–Crippen MR) is 91.9 cm³/mol. The average molecular weight is 457 g/mol. The van der Waals surface area contributed by atoms with E-state index in [0.29, 0.717) is 0 Å². The van der Waals surface area contributed by atoms with Crippen molar-refractivity contribution in [3.63, 3.8) is 0 Å². The first-order valence-corrected chi connectivity index (χ1v) is 8.59. The van der Waals surface area contributed by atoms with Crippen molar-refractivity contribution in [2.75, 3.05) is 19.0 Å². The molecule has 0 aromatic heterocycles. The first-order chi connectivity index (χ1) is 14.3. The minimum Gasteiger partial charge on any atom is -0.486 e. The van der Waals surface area contributed by atoms with Crippen LogP contribution in [-0.2, 0) is 19.1 Å². The molecule has 14 heteroatoms. The van der Waals surface area contributed by atoms with E-state index >= 15 is 0 Å². The third-order valence-electron chi connectivity index (χ3n) is 4.17. The quantitative estimate of drug-likeness (QED) is 0.442. The molecule has 8 nitrogen and oxygen atoms in total. The number of nitrogens with one attached hydrogen (secondary N) is 3. The molecule has 1 aliphatic rings. The van der Waals surface area contributed by atoms with Gasteiger partial charge in [0.2, 0.25) is 6.10 Å². The molecule has 3 N–H and O–H groups in total. The fourth-order valence-corrected chi connectivity index (χ4v) is 2.53. The maximum absolute atomic E-state index is 13.4. The van der Waals surface area contributed by atoms with Gasteiger partial charge in [-0.3, -0.25) is 14.4 Å². The first-order valence-electron chi connectivity index (χ1n) is 8.59. The number of hydrogen-bond acceptors (Lipinski definition) is 5. The summed E-state index contributed by atoms with van der Waals surface area (Å²) < 4.78 is 85.9. The smallest absolute Gasteiger partial charge is 0.455 e. The van der Waals surface area contributed by atoms with E-state index < -0.39 is 60.4 Å². The highest BCUT2D eigenvalue weighted by molar-refractivity contribution is 6.06. The number of benzene rings is 1. The Morgan fingerprint density at radius 3 is 2.45 bits per heavy atom. The van der Waals surface area contributed by atoms with E-state index in [-0.39, 0.29) is 11.4 Å². The fraction of sp³-hybridized carbons (Fsp3) is 0.471. The van der Waals surface area contributed by atoms with E-state index in [9.17, 15) is 40.7 Å². The minimum absolute atomic E-state index is 0.0241. The van der Waals surface area contributed by atoms with Crippen molar-refractivity contribution in [3.8, 4) is 5.75 Å². The first kappa shape index (κ1) is 24.2. The summed E-state index contributed by atoms with van der Waals surface area (Å²) in [6, 6.07) is 1.83. The number of anilines is 1. The molecular weight excluding hydrogens is 440 g/mol. The number of ether oxygens (including phenoxy) is 2. The van der Waals surface area contributed by atoms with Gasteiger partial charge in [0.25, 0.3) is 17.7 Å². The molecule has 2 rings (SSSR count). The number of rotatable bonds is 6. The Balaban J connectivity index is 2.08. The van der Waals surface area contributed by atoms with Crippen LogP contribution in [0.15, 0.2) is 18.2 Å². The maximum Gasteiger partial charge on any atom is 0.455 e. The van der Waals surface area contributed by atoms with Gasteiger partial charge in [0, 0.05) is 13.2 Å². The number of amides is 3. The number of carbonyl (C=O) groups is 3. The second kappa shape index (κ2) is 8.99. The predicted octanol–water partition coefficient (Wildman–Crippen LogP) is 1.36. The third-order valence-corrected chi connectivity index (χ3v) is 4.17. The van der Waals surface area contributed by atoms with Gasteiger partial charge < -0.3 is 25.4 Å². The van der Waals surface area contributed by atoms with Crippen LogP contribution < -0.4 is 20.7 Å². The Hall–Kier alpha value is -3.03. The second-order valence-electron chi connectivity index (χ2n) is 6.47. The van der Waals surface area contributed by atoms with Gasteiger partial charge in [-0.25, -0.2) is 4.39 Å². The maximum atomic E-state index is 13.4. The van der Waals surface area contributed by atoms with Crippen LogP contribution in [0, 0.1) is 5.82 Å². The molecule has 1 aromatic rings. The van der Waals surface area contributed by atoms with E-state index in [1.165, 1.54) is 18.3 Å². The van der Waals surface area contributed by atoms with Gasteiger partial charge in [0.1, 0.15) is 23.7 Å². The Kier molecular flexibility index (Phi) is 7.03. The molecule has 0 bridgehead atoms. The van der Waals surface area contributed by atoms with Crippen LogP contribution >= 0.6 is 0 Å². The lowest BCUT2D eigenvalue weighted by Gasteiger charge is -2.24. The van der Waals surface area contributed by atoms with E-state index in [1.54, 1.807) is 0 Å². The minimum atomic E-state index is -5.91. The molecule has 0 radical (unpaired) electrons. The zero-order valence-corrected chi connectivity index (χ0v) is 16.0. The van der Waals surface area contributed by atoms with Crippen molar-refractivity contribution in [2.24, 2.45) is 0 Å². The summed E-state index contributed by atoms with van der Waals surface area (Å²) in [4.78, 5) is 36.6. The molecule has 1 aliphatic heterocycles. The summed E-state index contributed by atoms with van der Waals surface area (Å²) in [6.45, 7) is -0.748. The number of carbonyl (C=O) groups excluding carboxylic acids is 3. The molecule has 0 aliphatic carbocycles.